The van der Waals surface area contributed by atoms with E-state index in [4.69, 9.17) is 21.4 Å². The van der Waals surface area contributed by atoms with E-state index >= 15 is 0 Å². The number of benzene rings is 2. The summed E-state index contributed by atoms with van der Waals surface area (Å²) in [5, 5.41) is 19.1. The summed E-state index contributed by atoms with van der Waals surface area (Å²) in [5.41, 5.74) is 12.5. The molecule has 1 heterocycles. The maximum absolute atomic E-state index is 12.8. The van der Waals surface area contributed by atoms with E-state index in [1.54, 1.807) is 6.07 Å². The molecule has 0 aliphatic rings. The van der Waals surface area contributed by atoms with Gasteiger partial charge in [-0.15, -0.1) is 11.3 Å². The van der Waals surface area contributed by atoms with Crippen LogP contribution in [-0.2, 0) is 14.4 Å². The van der Waals surface area contributed by atoms with Gasteiger partial charge in [-0.05, 0) is 29.7 Å². The number of nitrogens with two attached hydrogens (primary N) is 2. The number of halogens is 3. The Morgan fingerprint density at radius 3 is 1.80 bits per heavy atom. The Hall–Kier alpha value is -4.72. The van der Waals surface area contributed by atoms with Gasteiger partial charge in [0.05, 0.1) is 4.88 Å². The number of hydrogen-bond acceptors (Lipinski definition) is 5. The van der Waals surface area contributed by atoms with Crippen molar-refractivity contribution in [2.45, 2.75) is 31.0 Å². The van der Waals surface area contributed by atoms with Gasteiger partial charge in [0, 0.05) is 17.2 Å². The Kier molecular flexibility index (Phi) is 11.4. The van der Waals surface area contributed by atoms with E-state index in [0.717, 1.165) is 16.0 Å². The number of nitrogens with one attached hydrogen (secondary N) is 1. The molecule has 40 heavy (non-hydrogen) atoms. The van der Waals surface area contributed by atoms with E-state index in [1.165, 1.54) is 11.3 Å². The molecular weight excluding hydrogens is 553 g/mol. The maximum atomic E-state index is 12.8. The van der Waals surface area contributed by atoms with Gasteiger partial charge in [-0.1, -0.05) is 60.7 Å². The molecule has 14 heteroatoms. The quantitative estimate of drug-likeness (QED) is 0.189. The van der Waals surface area contributed by atoms with Crippen LogP contribution in [0.4, 0.5) is 13.2 Å². The third kappa shape index (κ3) is 9.87. The number of thiophene rings is 1. The molecule has 0 aliphatic heterocycles. The summed E-state index contributed by atoms with van der Waals surface area (Å²) < 4.78 is 31.7. The summed E-state index contributed by atoms with van der Waals surface area (Å²) in [6, 6.07) is 22.2. The molecule has 0 bridgehead atoms. The zero-order valence-electron chi connectivity index (χ0n) is 20.7. The van der Waals surface area contributed by atoms with E-state index in [9.17, 15) is 32.7 Å². The van der Waals surface area contributed by atoms with Crippen molar-refractivity contribution in [2.75, 3.05) is 0 Å². The maximum Gasteiger partial charge on any atom is 0.490 e. The Morgan fingerprint density at radius 2 is 1.38 bits per heavy atom. The Morgan fingerprint density at radius 1 is 0.875 bits per heavy atom. The molecule has 0 radical (unpaired) electrons. The highest BCUT2D eigenvalue weighted by molar-refractivity contribution is 7.14. The van der Waals surface area contributed by atoms with Crippen molar-refractivity contribution in [1.82, 2.24) is 5.32 Å². The molecule has 1 atom stereocenters. The van der Waals surface area contributed by atoms with Crippen LogP contribution < -0.4 is 16.8 Å². The summed E-state index contributed by atoms with van der Waals surface area (Å²) in [6.45, 7) is 0. The molecule has 0 aliphatic carbocycles. The number of amides is 2. The number of guanidine groups is 1. The van der Waals surface area contributed by atoms with Crippen LogP contribution in [0.5, 0.6) is 0 Å². The number of hydrogen-bond donors (Lipinski definition) is 5. The van der Waals surface area contributed by atoms with Crippen molar-refractivity contribution in [1.29, 1.82) is 0 Å². The Labute approximate surface area is 230 Å². The monoisotopic (exact) mass is 578 g/mol. The minimum absolute atomic E-state index is 0.0635. The van der Waals surface area contributed by atoms with E-state index in [1.807, 2.05) is 66.7 Å². The smallest absolute Gasteiger partial charge is 0.480 e. The van der Waals surface area contributed by atoms with Gasteiger partial charge in [0.25, 0.3) is 5.91 Å². The lowest BCUT2D eigenvalue weighted by Crippen LogP contribution is -2.40. The second-order valence-electron chi connectivity index (χ2n) is 8.09. The minimum Gasteiger partial charge on any atom is -0.480 e. The van der Waals surface area contributed by atoms with Crippen LogP contribution in [0.2, 0.25) is 0 Å². The Bertz CT molecular complexity index is 1300. The fraction of sp³-hybridized carbons (Fsp3) is 0.192. The van der Waals surface area contributed by atoms with Crippen molar-refractivity contribution in [3.8, 4) is 0 Å². The first kappa shape index (κ1) is 31.5. The number of aliphatic carboxylic acids is 2. The van der Waals surface area contributed by atoms with Gasteiger partial charge in [0.2, 0.25) is 5.91 Å². The normalized spacial score (nSPS) is 11.5. The number of aliphatic imine (C=N–C) groups is 1. The lowest BCUT2D eigenvalue weighted by molar-refractivity contribution is -0.192. The molecule has 0 saturated carbocycles. The van der Waals surface area contributed by atoms with E-state index < -0.39 is 41.9 Å². The van der Waals surface area contributed by atoms with Crippen molar-refractivity contribution >= 4 is 41.0 Å². The summed E-state index contributed by atoms with van der Waals surface area (Å²) in [4.78, 5) is 49.6. The van der Waals surface area contributed by atoms with Gasteiger partial charge in [-0.3, -0.25) is 9.59 Å². The molecular formula is C26H25F3N4O6S. The lowest BCUT2D eigenvalue weighted by atomic mass is 9.90. The van der Waals surface area contributed by atoms with E-state index in [-0.39, 0.29) is 18.8 Å². The molecule has 0 unspecified atom stereocenters. The van der Waals surface area contributed by atoms with Gasteiger partial charge in [-0.25, -0.2) is 9.59 Å². The second-order valence-corrected chi connectivity index (χ2v) is 9.21. The van der Waals surface area contributed by atoms with Crippen LogP contribution >= 0.6 is 11.3 Å². The van der Waals surface area contributed by atoms with Crippen molar-refractivity contribution in [3.05, 3.63) is 93.7 Å². The molecule has 0 spiro atoms. The van der Waals surface area contributed by atoms with E-state index in [2.05, 4.69) is 10.3 Å². The molecule has 3 rings (SSSR count). The highest BCUT2D eigenvalue weighted by Crippen LogP contribution is 2.36. The Balaban J connectivity index is 0.000000708. The van der Waals surface area contributed by atoms with Gasteiger partial charge < -0.3 is 27.0 Å². The number of carbonyl (C=O) groups excluding carboxylic acids is 2. The third-order valence-electron chi connectivity index (χ3n) is 5.15. The number of carbonyl (C=O) groups is 4. The minimum atomic E-state index is -5.08. The SMILES string of the molecule is NC(N)=NC(=O)CC[C@H](NC(=O)c1ccc(C(c2ccccc2)c2ccccc2)s1)C(=O)O.O=C(O)C(F)(F)F. The van der Waals surface area contributed by atoms with Gasteiger partial charge in [0.15, 0.2) is 5.96 Å². The first-order valence-corrected chi connectivity index (χ1v) is 12.3. The van der Waals surface area contributed by atoms with E-state index in [0.29, 0.717) is 4.88 Å². The average Bonchev–Trinajstić information content (AvgIpc) is 3.37. The number of carboxylic acids is 2. The second kappa shape index (κ2) is 14.4. The molecule has 0 saturated heterocycles. The first-order chi connectivity index (χ1) is 18.8. The summed E-state index contributed by atoms with van der Waals surface area (Å²) in [6.07, 6.45) is -5.43. The highest BCUT2D eigenvalue weighted by atomic mass is 32.1. The molecule has 10 nitrogen and oxygen atoms in total. The fourth-order valence-corrected chi connectivity index (χ4v) is 4.46. The van der Waals surface area contributed by atoms with Crippen LogP contribution in [0.1, 0.15) is 44.4 Å². The highest BCUT2D eigenvalue weighted by Gasteiger charge is 2.38. The van der Waals surface area contributed by atoms with Gasteiger partial charge in [-0.2, -0.15) is 18.2 Å². The largest absolute Gasteiger partial charge is 0.490 e. The third-order valence-corrected chi connectivity index (χ3v) is 6.30. The molecule has 2 aromatic carbocycles. The molecule has 7 N–H and O–H groups in total. The first-order valence-electron chi connectivity index (χ1n) is 11.5. The summed E-state index contributed by atoms with van der Waals surface area (Å²) >= 11 is 1.30. The van der Waals surface area contributed by atoms with Crippen LogP contribution in [0.15, 0.2) is 77.8 Å². The van der Waals surface area contributed by atoms with Crippen molar-refractivity contribution in [2.24, 2.45) is 16.5 Å². The number of alkyl halides is 3. The molecule has 0 fully saturated rings. The zero-order valence-corrected chi connectivity index (χ0v) is 21.5. The van der Waals surface area contributed by atoms with Crippen LogP contribution in [-0.4, -0.2) is 52.1 Å². The fourth-order valence-electron chi connectivity index (χ4n) is 3.40. The molecule has 1 aromatic heterocycles. The molecule has 212 valence electrons. The van der Waals surface area contributed by atoms with Crippen LogP contribution in [0.25, 0.3) is 0 Å². The lowest BCUT2D eigenvalue weighted by Gasteiger charge is -2.17. The van der Waals surface area contributed by atoms with Crippen LogP contribution in [0.3, 0.4) is 0 Å². The predicted octanol–water partition coefficient (Wildman–Crippen LogP) is 3.32. The topological polar surface area (TPSA) is 185 Å². The molecule has 2 amide bonds. The predicted molar refractivity (Wildman–Crippen MR) is 141 cm³/mol. The molecule has 3 aromatic rings. The van der Waals surface area contributed by atoms with Crippen molar-refractivity contribution in [3.63, 3.8) is 0 Å². The number of nitrogens with zero attached hydrogens (tertiary/aromatic N) is 1. The van der Waals surface area contributed by atoms with Crippen LogP contribution in [0, 0.1) is 0 Å². The summed E-state index contributed by atoms with van der Waals surface area (Å²) in [5.74, 6) is -5.63. The number of rotatable bonds is 9. The van der Waals surface area contributed by atoms with Crippen molar-refractivity contribution < 1.29 is 42.6 Å². The standard InChI is InChI=1S/C24H24N4O4S.C2HF3O2/c25-24(26)28-20(29)14-11-17(23(31)32)27-22(30)19-13-12-18(33-19)21(15-7-3-1-4-8-15)16-9-5-2-6-10-16;3-2(4,5)1(6)7/h1-10,12-13,17,21H,11,14H2,(H,27,30)(H,31,32)(H4,25,26,28,29);(H,6,7)/t17-;/m0./s1. The summed E-state index contributed by atoms with van der Waals surface area (Å²) in [7, 11) is 0. The van der Waals surface area contributed by atoms with Gasteiger partial charge >= 0.3 is 18.1 Å². The van der Waals surface area contributed by atoms with Gasteiger partial charge in [0.1, 0.15) is 6.04 Å². The zero-order chi connectivity index (χ0) is 29.9. The average molecular weight is 579 g/mol. The number of carboxylic acid groups (broad SMARTS) is 2.